The number of benzene rings is 2. The summed E-state index contributed by atoms with van der Waals surface area (Å²) in [7, 11) is 2.84. The fourth-order valence-corrected chi connectivity index (χ4v) is 2.10. The molecule has 2 rings (SSSR count). The summed E-state index contributed by atoms with van der Waals surface area (Å²) in [5.41, 5.74) is -2.22. The summed E-state index contributed by atoms with van der Waals surface area (Å²) in [4.78, 5) is 24.0. The Morgan fingerprint density at radius 1 is 1.09 bits per heavy atom. The van der Waals surface area contributed by atoms with Gasteiger partial charge in [-0.15, -0.1) is 0 Å². The number of Topliss-reactive ketones (excluding diaryl/α,β-unsaturated/α-hetero) is 1. The van der Waals surface area contributed by atoms with E-state index in [1.165, 1.54) is 44.8 Å². The molecule has 0 fully saturated rings. The molecule has 0 spiro atoms. The molecule has 5 nitrogen and oxygen atoms in total. The molecule has 1 N–H and O–H groups in total. The van der Waals surface area contributed by atoms with Crippen molar-refractivity contribution in [2.75, 3.05) is 14.2 Å². The van der Waals surface area contributed by atoms with Gasteiger partial charge < -0.3 is 14.6 Å². The van der Waals surface area contributed by atoms with Crippen LogP contribution in [0.1, 0.15) is 15.9 Å². The quantitative estimate of drug-likeness (QED) is 0.651. The van der Waals surface area contributed by atoms with E-state index in [4.69, 9.17) is 9.47 Å². The van der Waals surface area contributed by atoms with Crippen molar-refractivity contribution in [3.8, 4) is 11.5 Å². The van der Waals surface area contributed by atoms with Gasteiger partial charge >= 0.3 is 0 Å². The van der Waals surface area contributed by atoms with Gasteiger partial charge in [-0.3, -0.25) is 9.59 Å². The van der Waals surface area contributed by atoms with Gasteiger partial charge in [0.1, 0.15) is 11.5 Å². The highest BCUT2D eigenvalue weighted by Gasteiger charge is 2.41. The largest absolute Gasteiger partial charge is 0.497 e. The first-order valence-electron chi connectivity index (χ1n) is 6.51. The molecule has 5 heteroatoms. The fraction of sp³-hybridized carbons (Fsp3) is 0.176. The van der Waals surface area contributed by atoms with Crippen LogP contribution in [0.3, 0.4) is 0 Å². The van der Waals surface area contributed by atoms with E-state index in [1.807, 2.05) is 0 Å². The standard InChI is InChI=1S/C17H15O5/c1-21-13-8-9-15(22-2)14(10-13)16(19)17(20,11-18)12-6-4-3-5-7-12/h3-10,20H,1-2H3. The first kappa shape index (κ1) is 15.7. The van der Waals surface area contributed by atoms with E-state index >= 15 is 0 Å². The van der Waals surface area contributed by atoms with Crippen molar-refractivity contribution in [1.29, 1.82) is 0 Å². The number of aliphatic hydroxyl groups is 1. The van der Waals surface area contributed by atoms with Gasteiger partial charge in [-0.2, -0.15) is 0 Å². The molecule has 0 amide bonds. The SMILES string of the molecule is COc1ccc(OC)c(C(=O)C(O)([C]=O)c2ccccc2)c1. The van der Waals surface area contributed by atoms with E-state index in [1.54, 1.807) is 24.3 Å². The Morgan fingerprint density at radius 3 is 2.32 bits per heavy atom. The van der Waals surface area contributed by atoms with Crippen LogP contribution in [0.4, 0.5) is 0 Å². The molecule has 0 aliphatic carbocycles. The van der Waals surface area contributed by atoms with E-state index in [9.17, 15) is 14.7 Å². The van der Waals surface area contributed by atoms with Crippen molar-refractivity contribution in [2.45, 2.75) is 5.60 Å². The first-order chi connectivity index (χ1) is 10.6. The zero-order chi connectivity index (χ0) is 16.2. The number of carbonyl (C=O) groups excluding carboxylic acids is 2. The first-order valence-corrected chi connectivity index (χ1v) is 6.51. The summed E-state index contributed by atoms with van der Waals surface area (Å²) in [6.45, 7) is 0. The molecule has 0 aromatic heterocycles. The van der Waals surface area contributed by atoms with Gasteiger partial charge in [0.15, 0.2) is 0 Å². The highest BCUT2D eigenvalue weighted by Crippen LogP contribution is 2.31. The minimum atomic E-state index is -2.40. The third-order valence-electron chi connectivity index (χ3n) is 3.32. The number of methoxy groups -OCH3 is 2. The predicted molar refractivity (Wildman–Crippen MR) is 79.9 cm³/mol. The van der Waals surface area contributed by atoms with E-state index in [2.05, 4.69) is 0 Å². The molecule has 2 aromatic carbocycles. The van der Waals surface area contributed by atoms with Crippen LogP contribution in [-0.4, -0.2) is 31.4 Å². The van der Waals surface area contributed by atoms with Crippen LogP contribution in [0.25, 0.3) is 0 Å². The minimum absolute atomic E-state index is 0.0385. The monoisotopic (exact) mass is 299 g/mol. The molecule has 1 unspecified atom stereocenters. The van der Waals surface area contributed by atoms with Crippen molar-refractivity contribution in [1.82, 2.24) is 0 Å². The van der Waals surface area contributed by atoms with Gasteiger partial charge in [0.2, 0.25) is 17.7 Å². The lowest BCUT2D eigenvalue weighted by Gasteiger charge is -2.21. The summed E-state index contributed by atoms with van der Waals surface area (Å²) in [6.07, 6.45) is 1.44. The van der Waals surface area contributed by atoms with Crippen LogP contribution in [-0.2, 0) is 10.4 Å². The van der Waals surface area contributed by atoms with Gasteiger partial charge in [0.25, 0.3) is 0 Å². The van der Waals surface area contributed by atoms with Crippen molar-refractivity contribution in [2.24, 2.45) is 0 Å². The number of rotatable bonds is 6. The van der Waals surface area contributed by atoms with Gasteiger partial charge in [-0.1, -0.05) is 30.3 Å². The summed E-state index contributed by atoms with van der Waals surface area (Å²) >= 11 is 0. The second kappa shape index (κ2) is 6.41. The van der Waals surface area contributed by atoms with Crippen molar-refractivity contribution >= 4 is 12.1 Å². The van der Waals surface area contributed by atoms with Crippen LogP contribution >= 0.6 is 0 Å². The molecule has 22 heavy (non-hydrogen) atoms. The Bertz CT molecular complexity index is 681. The zero-order valence-corrected chi connectivity index (χ0v) is 12.2. The molecule has 0 aliphatic heterocycles. The Hall–Kier alpha value is -2.66. The van der Waals surface area contributed by atoms with Gasteiger partial charge in [-0.05, 0) is 23.8 Å². The predicted octanol–water partition coefficient (Wildman–Crippen LogP) is 1.88. The lowest BCUT2D eigenvalue weighted by molar-refractivity contribution is 0.0576. The molecule has 0 aliphatic rings. The Morgan fingerprint density at radius 2 is 1.77 bits per heavy atom. The Kier molecular flexibility index (Phi) is 4.58. The lowest BCUT2D eigenvalue weighted by Crippen LogP contribution is -2.37. The van der Waals surface area contributed by atoms with E-state index in [0.29, 0.717) is 5.75 Å². The maximum atomic E-state index is 12.7. The number of hydrogen-bond donors (Lipinski definition) is 1. The Balaban J connectivity index is 2.56. The van der Waals surface area contributed by atoms with E-state index in [0.717, 1.165) is 0 Å². The molecular formula is C17H15O5. The summed E-state index contributed by atoms with van der Waals surface area (Å²) in [5, 5.41) is 10.5. The number of carbonyl (C=O) groups is 1. The zero-order valence-electron chi connectivity index (χ0n) is 12.2. The number of hydrogen-bond acceptors (Lipinski definition) is 5. The summed E-state index contributed by atoms with van der Waals surface area (Å²) in [5.74, 6) is -0.190. The maximum absolute atomic E-state index is 12.7. The maximum Gasteiger partial charge on any atom is 0.246 e. The summed E-state index contributed by atoms with van der Waals surface area (Å²) in [6, 6.07) is 12.5. The van der Waals surface area contributed by atoms with Crippen LogP contribution < -0.4 is 9.47 Å². The van der Waals surface area contributed by atoms with Crippen molar-refractivity contribution < 1.29 is 24.2 Å². The minimum Gasteiger partial charge on any atom is -0.497 e. The lowest BCUT2D eigenvalue weighted by atomic mass is 9.87. The van der Waals surface area contributed by atoms with Crippen LogP contribution in [0.2, 0.25) is 0 Å². The second-order valence-corrected chi connectivity index (χ2v) is 4.57. The Labute approximate surface area is 128 Å². The highest BCUT2D eigenvalue weighted by molar-refractivity contribution is 6.13. The molecule has 0 saturated heterocycles. The molecule has 1 atom stereocenters. The molecule has 1 radical (unpaired) electrons. The summed E-state index contributed by atoms with van der Waals surface area (Å²) < 4.78 is 10.2. The third kappa shape index (κ3) is 2.71. The van der Waals surface area contributed by atoms with Crippen molar-refractivity contribution in [3.63, 3.8) is 0 Å². The average Bonchev–Trinajstić information content (AvgIpc) is 2.60. The molecule has 0 heterocycles. The van der Waals surface area contributed by atoms with Gasteiger partial charge in [0.05, 0.1) is 19.8 Å². The smallest absolute Gasteiger partial charge is 0.246 e. The van der Waals surface area contributed by atoms with Crippen LogP contribution in [0.5, 0.6) is 11.5 Å². The topological polar surface area (TPSA) is 72.8 Å². The molecule has 0 bridgehead atoms. The van der Waals surface area contributed by atoms with Crippen LogP contribution in [0, 0.1) is 0 Å². The molecule has 0 saturated carbocycles. The fourth-order valence-electron chi connectivity index (χ4n) is 2.10. The van der Waals surface area contributed by atoms with Gasteiger partial charge in [-0.25, -0.2) is 0 Å². The molecule has 113 valence electrons. The number of ether oxygens (including phenoxy) is 2. The van der Waals surface area contributed by atoms with E-state index < -0.39 is 11.4 Å². The third-order valence-corrected chi connectivity index (χ3v) is 3.32. The second-order valence-electron chi connectivity index (χ2n) is 4.57. The molecule has 2 aromatic rings. The number of ketones is 1. The van der Waals surface area contributed by atoms with Gasteiger partial charge in [0, 0.05) is 0 Å². The van der Waals surface area contributed by atoms with Crippen molar-refractivity contribution in [3.05, 3.63) is 59.7 Å². The van der Waals surface area contributed by atoms with Crippen LogP contribution in [0.15, 0.2) is 48.5 Å². The highest BCUT2D eigenvalue weighted by atomic mass is 16.5. The normalized spacial score (nSPS) is 13.0. The molecular weight excluding hydrogens is 284 g/mol. The average molecular weight is 299 g/mol. The van der Waals surface area contributed by atoms with E-state index in [-0.39, 0.29) is 16.9 Å².